The van der Waals surface area contributed by atoms with Gasteiger partial charge in [-0.15, -0.1) is 0 Å². The summed E-state index contributed by atoms with van der Waals surface area (Å²) in [5.74, 6) is -1.48. The lowest BCUT2D eigenvalue weighted by Gasteiger charge is -2.19. The molecule has 0 atom stereocenters. The van der Waals surface area contributed by atoms with Crippen molar-refractivity contribution >= 4 is 41.0 Å². The number of para-hydroxylation sites is 1. The van der Waals surface area contributed by atoms with Crippen LogP contribution in [0.5, 0.6) is 0 Å². The van der Waals surface area contributed by atoms with Gasteiger partial charge in [0.2, 0.25) is 0 Å². The van der Waals surface area contributed by atoms with E-state index in [-0.39, 0.29) is 11.5 Å². The molecule has 5 nitrogen and oxygen atoms in total. The number of nitrogens with zero attached hydrogens (tertiary/aromatic N) is 1. The molecule has 0 saturated carbocycles. The number of carbonyl (C=O) groups is 2. The second-order valence-electron chi connectivity index (χ2n) is 5.78. The zero-order valence-electron chi connectivity index (χ0n) is 13.7. The highest BCUT2D eigenvalue weighted by atomic mass is 32.1. The fraction of sp³-hybridized carbons (Fsp3) is 0.105. The fourth-order valence-corrected chi connectivity index (χ4v) is 3.06. The highest BCUT2D eigenvalue weighted by molar-refractivity contribution is 7.80. The van der Waals surface area contributed by atoms with Crippen molar-refractivity contribution in [2.75, 3.05) is 4.90 Å². The van der Waals surface area contributed by atoms with Crippen LogP contribution in [0.25, 0.3) is 6.08 Å². The zero-order valence-corrected chi connectivity index (χ0v) is 14.5. The van der Waals surface area contributed by atoms with Crippen molar-refractivity contribution in [1.29, 1.82) is 0 Å². The lowest BCUT2D eigenvalue weighted by molar-refractivity contribution is -0.255. The first kappa shape index (κ1) is 16.9. The molecule has 1 saturated heterocycles. The highest BCUT2D eigenvalue weighted by Crippen LogP contribution is 2.29. The molecule has 126 valence electrons. The molecule has 1 heterocycles. The predicted octanol–water partition coefficient (Wildman–Crippen LogP) is 1.93. The van der Waals surface area contributed by atoms with Crippen molar-refractivity contribution in [1.82, 2.24) is 5.32 Å². The number of amides is 1. The van der Waals surface area contributed by atoms with Crippen LogP contribution in [0, 0.1) is 13.8 Å². The molecule has 2 aromatic rings. The first-order valence-electron chi connectivity index (χ1n) is 7.63. The largest absolute Gasteiger partial charge is 0.545 e. The fourth-order valence-electron chi connectivity index (χ4n) is 2.78. The van der Waals surface area contributed by atoms with E-state index >= 15 is 0 Å². The van der Waals surface area contributed by atoms with E-state index in [0.717, 1.165) is 16.8 Å². The minimum Gasteiger partial charge on any atom is -0.545 e. The van der Waals surface area contributed by atoms with Crippen molar-refractivity contribution in [3.05, 3.63) is 70.4 Å². The Labute approximate surface area is 150 Å². The van der Waals surface area contributed by atoms with Gasteiger partial charge < -0.3 is 15.2 Å². The number of hydrogen-bond acceptors (Lipinski definition) is 4. The summed E-state index contributed by atoms with van der Waals surface area (Å²) in [6.45, 7) is 3.86. The maximum atomic E-state index is 12.8. The van der Waals surface area contributed by atoms with E-state index in [9.17, 15) is 14.7 Å². The van der Waals surface area contributed by atoms with E-state index in [1.165, 1.54) is 17.0 Å². The average molecular weight is 351 g/mol. The van der Waals surface area contributed by atoms with E-state index < -0.39 is 5.97 Å². The Morgan fingerprint density at radius 1 is 1.12 bits per heavy atom. The summed E-state index contributed by atoms with van der Waals surface area (Å²) in [6, 6.07) is 11.9. The Morgan fingerprint density at radius 3 is 2.28 bits per heavy atom. The van der Waals surface area contributed by atoms with Crippen molar-refractivity contribution in [3.8, 4) is 0 Å². The Morgan fingerprint density at radius 2 is 1.72 bits per heavy atom. The number of hydrogen-bond donors (Lipinski definition) is 1. The Hall–Kier alpha value is -2.99. The van der Waals surface area contributed by atoms with Crippen LogP contribution in [0.15, 0.2) is 48.2 Å². The van der Waals surface area contributed by atoms with Gasteiger partial charge >= 0.3 is 0 Å². The summed E-state index contributed by atoms with van der Waals surface area (Å²) in [6.07, 6.45) is 1.64. The molecular formula is C19H15N2O3S-. The average Bonchev–Trinajstić information content (AvgIpc) is 2.83. The number of anilines is 1. The summed E-state index contributed by atoms with van der Waals surface area (Å²) < 4.78 is 0. The molecule has 0 aromatic heterocycles. The van der Waals surface area contributed by atoms with Crippen LogP contribution in [0.1, 0.15) is 27.0 Å². The second kappa shape index (κ2) is 6.49. The van der Waals surface area contributed by atoms with Gasteiger partial charge in [-0.2, -0.15) is 0 Å². The van der Waals surface area contributed by atoms with Crippen LogP contribution in [-0.4, -0.2) is 17.0 Å². The molecule has 0 unspecified atom stereocenters. The number of aromatic carboxylic acids is 1. The first-order chi connectivity index (χ1) is 11.9. The van der Waals surface area contributed by atoms with Gasteiger partial charge in [0, 0.05) is 0 Å². The third-order valence-electron chi connectivity index (χ3n) is 4.00. The van der Waals surface area contributed by atoms with E-state index in [2.05, 4.69) is 5.32 Å². The molecule has 1 fully saturated rings. The molecule has 1 amide bonds. The SMILES string of the molecule is Cc1cccc(C)c1N1C(=O)/C(=C\c2ccc(C(=O)[O-])cc2)NC1=S. The van der Waals surface area contributed by atoms with Gasteiger partial charge in [0.15, 0.2) is 5.11 Å². The van der Waals surface area contributed by atoms with Crippen molar-refractivity contribution in [2.24, 2.45) is 0 Å². The van der Waals surface area contributed by atoms with Crippen molar-refractivity contribution in [3.63, 3.8) is 0 Å². The van der Waals surface area contributed by atoms with Crippen molar-refractivity contribution in [2.45, 2.75) is 13.8 Å². The van der Waals surface area contributed by atoms with E-state index in [1.54, 1.807) is 18.2 Å². The molecule has 1 aliphatic heterocycles. The number of rotatable bonds is 3. The molecule has 1 aliphatic rings. The van der Waals surface area contributed by atoms with E-state index in [1.807, 2.05) is 32.0 Å². The van der Waals surface area contributed by atoms with Crippen LogP contribution < -0.4 is 15.3 Å². The van der Waals surface area contributed by atoms with E-state index in [4.69, 9.17) is 12.2 Å². The molecule has 6 heteroatoms. The zero-order chi connectivity index (χ0) is 18.1. The Balaban J connectivity index is 1.94. The molecule has 0 bridgehead atoms. The molecule has 2 aromatic carbocycles. The minimum atomic E-state index is -1.24. The Bertz CT molecular complexity index is 897. The normalized spacial score (nSPS) is 15.6. The molecule has 0 spiro atoms. The first-order valence-corrected chi connectivity index (χ1v) is 8.04. The summed E-state index contributed by atoms with van der Waals surface area (Å²) in [4.78, 5) is 25.1. The lowest BCUT2D eigenvalue weighted by atomic mass is 10.1. The standard InChI is InChI=1S/C19H16N2O3S/c1-11-4-3-5-12(2)16(11)21-17(22)15(20-19(21)25)10-13-6-8-14(9-7-13)18(23)24/h3-10H,1-2H3,(H,20,25)(H,23,24)/p-1/b15-10+. The summed E-state index contributed by atoms with van der Waals surface area (Å²) >= 11 is 5.33. The van der Waals surface area contributed by atoms with Crippen molar-refractivity contribution < 1.29 is 14.7 Å². The molecule has 3 rings (SSSR count). The number of nitrogens with one attached hydrogen (secondary N) is 1. The van der Waals surface area contributed by atoms with Gasteiger partial charge in [0.1, 0.15) is 5.70 Å². The maximum absolute atomic E-state index is 12.8. The van der Waals surface area contributed by atoms with Gasteiger partial charge in [-0.1, -0.05) is 42.5 Å². The molecule has 1 N–H and O–H groups in total. The Kier molecular flexibility index (Phi) is 4.37. The maximum Gasteiger partial charge on any atom is 0.281 e. The quantitative estimate of drug-likeness (QED) is 0.676. The number of carbonyl (C=O) groups excluding carboxylic acids is 2. The number of thiocarbonyl (C=S) groups is 1. The number of benzene rings is 2. The second-order valence-corrected chi connectivity index (χ2v) is 6.17. The van der Waals surface area contributed by atoms with Crippen LogP contribution in [0.2, 0.25) is 0 Å². The molecule has 0 radical (unpaired) electrons. The number of aryl methyl sites for hydroxylation is 2. The van der Waals surface area contributed by atoms with Crippen LogP contribution >= 0.6 is 12.2 Å². The number of carboxylic acid groups (broad SMARTS) is 1. The smallest absolute Gasteiger partial charge is 0.281 e. The third kappa shape index (κ3) is 3.16. The molecular weight excluding hydrogens is 336 g/mol. The van der Waals surface area contributed by atoms with Crippen LogP contribution in [0.4, 0.5) is 5.69 Å². The predicted molar refractivity (Wildman–Crippen MR) is 97.9 cm³/mol. The summed E-state index contributed by atoms with van der Waals surface area (Å²) in [5.41, 5.74) is 3.80. The summed E-state index contributed by atoms with van der Waals surface area (Å²) in [7, 11) is 0. The molecule has 0 aliphatic carbocycles. The van der Waals surface area contributed by atoms with Gasteiger partial charge in [0.25, 0.3) is 5.91 Å². The topological polar surface area (TPSA) is 72.5 Å². The molecule has 25 heavy (non-hydrogen) atoms. The monoisotopic (exact) mass is 351 g/mol. The van der Waals surface area contributed by atoms with Gasteiger partial charge in [-0.3, -0.25) is 9.69 Å². The van der Waals surface area contributed by atoms with Crippen LogP contribution in [0.3, 0.4) is 0 Å². The van der Waals surface area contributed by atoms with Gasteiger partial charge in [-0.05, 0) is 54.4 Å². The van der Waals surface area contributed by atoms with Crippen LogP contribution in [-0.2, 0) is 4.79 Å². The van der Waals surface area contributed by atoms with Gasteiger partial charge in [0.05, 0.1) is 11.7 Å². The lowest BCUT2D eigenvalue weighted by Crippen LogP contribution is -2.31. The summed E-state index contributed by atoms with van der Waals surface area (Å²) in [5, 5.41) is 14.1. The number of carboxylic acids is 1. The minimum absolute atomic E-state index is 0.0838. The van der Waals surface area contributed by atoms with Gasteiger partial charge in [-0.25, -0.2) is 0 Å². The third-order valence-corrected chi connectivity index (χ3v) is 4.28. The van der Waals surface area contributed by atoms with E-state index in [0.29, 0.717) is 16.4 Å². The highest BCUT2D eigenvalue weighted by Gasteiger charge is 2.33.